The summed E-state index contributed by atoms with van der Waals surface area (Å²) in [6.07, 6.45) is 4.38. The lowest BCUT2D eigenvalue weighted by molar-refractivity contribution is -0.143. The van der Waals surface area contributed by atoms with Crippen molar-refractivity contribution in [1.82, 2.24) is 9.80 Å². The molecule has 8 nitrogen and oxygen atoms in total. The number of amides is 1. The van der Waals surface area contributed by atoms with E-state index in [9.17, 15) is 19.5 Å². The molecular weight excluding hydrogens is 364 g/mol. The lowest BCUT2D eigenvalue weighted by atomic mass is 9.80. The smallest absolute Gasteiger partial charge is 0.306 e. The van der Waals surface area contributed by atoms with E-state index in [0.717, 1.165) is 26.1 Å². The predicted molar refractivity (Wildman–Crippen MR) is 99.9 cm³/mol. The first-order valence-corrected chi connectivity index (χ1v) is 9.93. The van der Waals surface area contributed by atoms with Crippen LogP contribution in [0.5, 0.6) is 0 Å². The highest BCUT2D eigenvalue weighted by molar-refractivity contribution is 5.91. The summed E-state index contributed by atoms with van der Waals surface area (Å²) in [4.78, 5) is 39.0. The van der Waals surface area contributed by atoms with Crippen molar-refractivity contribution < 1.29 is 29.0 Å². The molecule has 0 saturated carbocycles. The molecular formula is C20H28N2O6. The number of rotatable bonds is 7. The van der Waals surface area contributed by atoms with E-state index >= 15 is 0 Å². The van der Waals surface area contributed by atoms with E-state index in [0.29, 0.717) is 38.1 Å². The molecule has 2 aliphatic heterocycles. The van der Waals surface area contributed by atoms with Crippen LogP contribution in [0, 0.1) is 17.8 Å². The Morgan fingerprint density at radius 1 is 1.07 bits per heavy atom. The molecule has 1 aromatic heterocycles. The fourth-order valence-corrected chi connectivity index (χ4v) is 4.39. The molecule has 2 aliphatic rings. The van der Waals surface area contributed by atoms with Crippen molar-refractivity contribution >= 4 is 17.8 Å². The van der Waals surface area contributed by atoms with E-state index in [-0.39, 0.29) is 30.1 Å². The number of carboxylic acid groups (broad SMARTS) is 2. The van der Waals surface area contributed by atoms with Gasteiger partial charge in [-0.15, -0.1) is 0 Å². The first-order valence-electron chi connectivity index (χ1n) is 9.93. The van der Waals surface area contributed by atoms with E-state index in [1.165, 1.54) is 6.26 Å². The monoisotopic (exact) mass is 392 g/mol. The fraction of sp³-hybridized carbons (Fsp3) is 0.650. The van der Waals surface area contributed by atoms with Crippen LogP contribution in [0.25, 0.3) is 0 Å². The molecule has 3 rings (SSSR count). The largest absolute Gasteiger partial charge is 0.481 e. The van der Waals surface area contributed by atoms with Crippen molar-refractivity contribution in [2.24, 2.45) is 17.8 Å². The first kappa shape index (κ1) is 20.4. The number of carbonyl (C=O) groups excluding carboxylic acids is 1. The van der Waals surface area contributed by atoms with Crippen molar-refractivity contribution in [2.75, 3.05) is 32.7 Å². The minimum atomic E-state index is -0.803. The lowest BCUT2D eigenvalue weighted by Gasteiger charge is -2.39. The van der Waals surface area contributed by atoms with Crippen molar-refractivity contribution in [3.05, 3.63) is 24.2 Å². The Labute approximate surface area is 164 Å². The predicted octanol–water partition coefficient (Wildman–Crippen LogP) is 2.02. The van der Waals surface area contributed by atoms with Gasteiger partial charge in [-0.25, -0.2) is 0 Å². The number of piperidine rings is 2. The molecule has 1 aromatic rings. The van der Waals surface area contributed by atoms with Gasteiger partial charge in [0.1, 0.15) is 0 Å². The molecule has 0 bridgehead atoms. The van der Waals surface area contributed by atoms with Crippen LogP contribution >= 0.6 is 0 Å². The third-order valence-electron chi connectivity index (χ3n) is 6.10. The number of carbonyl (C=O) groups is 3. The number of aliphatic carboxylic acids is 2. The molecule has 0 aliphatic carbocycles. The van der Waals surface area contributed by atoms with E-state index in [4.69, 9.17) is 9.52 Å². The quantitative estimate of drug-likeness (QED) is 0.730. The summed E-state index contributed by atoms with van der Waals surface area (Å²) in [6, 6.07) is 3.33. The molecule has 8 heteroatoms. The zero-order valence-electron chi connectivity index (χ0n) is 16.0. The standard InChI is InChI=1S/C20H28N2O6/c23-18(24)12-15-6-10-22(19(25)17-2-1-11-28-17)13-16(15)5-9-21-7-3-14(4-8-21)20(26)27/h1-2,11,14-16H,3-10,12-13H2,(H,23,24)(H,26,27). The highest BCUT2D eigenvalue weighted by atomic mass is 16.4. The highest BCUT2D eigenvalue weighted by Gasteiger charge is 2.34. The Morgan fingerprint density at radius 3 is 2.43 bits per heavy atom. The third-order valence-corrected chi connectivity index (χ3v) is 6.10. The summed E-state index contributed by atoms with van der Waals surface area (Å²) in [5.74, 6) is -1.45. The Hall–Kier alpha value is -2.35. The van der Waals surface area contributed by atoms with Crippen LogP contribution in [0.15, 0.2) is 22.8 Å². The number of furan rings is 1. The maximum absolute atomic E-state index is 12.6. The van der Waals surface area contributed by atoms with Crippen LogP contribution in [0.3, 0.4) is 0 Å². The number of carboxylic acids is 2. The van der Waals surface area contributed by atoms with Crippen molar-refractivity contribution in [2.45, 2.75) is 32.1 Å². The van der Waals surface area contributed by atoms with E-state index < -0.39 is 11.9 Å². The van der Waals surface area contributed by atoms with Crippen molar-refractivity contribution in [3.8, 4) is 0 Å². The molecule has 3 heterocycles. The lowest BCUT2D eigenvalue weighted by Crippen LogP contribution is -2.45. The SMILES string of the molecule is O=C(O)CC1CCN(C(=O)c2ccco2)CC1CCN1CCC(C(=O)O)CC1. The topological polar surface area (TPSA) is 111 Å². The second-order valence-corrected chi connectivity index (χ2v) is 7.88. The highest BCUT2D eigenvalue weighted by Crippen LogP contribution is 2.31. The second-order valence-electron chi connectivity index (χ2n) is 7.88. The maximum Gasteiger partial charge on any atom is 0.306 e. The number of nitrogens with zero attached hydrogens (tertiary/aromatic N) is 2. The van der Waals surface area contributed by atoms with Crippen LogP contribution < -0.4 is 0 Å². The summed E-state index contributed by atoms with van der Waals surface area (Å²) in [7, 11) is 0. The molecule has 2 fully saturated rings. The normalized spacial score (nSPS) is 24.2. The maximum atomic E-state index is 12.6. The van der Waals surface area contributed by atoms with Crippen LogP contribution in [-0.2, 0) is 9.59 Å². The summed E-state index contributed by atoms with van der Waals surface area (Å²) in [6.45, 7) is 3.38. The summed E-state index contributed by atoms with van der Waals surface area (Å²) in [5.41, 5.74) is 0. The van der Waals surface area contributed by atoms with E-state index in [1.54, 1.807) is 17.0 Å². The van der Waals surface area contributed by atoms with Gasteiger partial charge in [0, 0.05) is 19.5 Å². The van der Waals surface area contributed by atoms with Crippen LogP contribution in [0.4, 0.5) is 0 Å². The molecule has 1 amide bonds. The van der Waals surface area contributed by atoms with E-state index in [1.807, 2.05) is 0 Å². The van der Waals surface area contributed by atoms with Gasteiger partial charge in [-0.05, 0) is 69.3 Å². The summed E-state index contributed by atoms with van der Waals surface area (Å²) >= 11 is 0. The summed E-state index contributed by atoms with van der Waals surface area (Å²) < 4.78 is 5.22. The molecule has 154 valence electrons. The minimum absolute atomic E-state index is 0.0507. The van der Waals surface area contributed by atoms with Gasteiger partial charge < -0.3 is 24.4 Å². The zero-order valence-corrected chi connectivity index (χ0v) is 16.0. The Kier molecular flexibility index (Phi) is 6.72. The van der Waals surface area contributed by atoms with Gasteiger partial charge in [-0.1, -0.05) is 0 Å². The van der Waals surface area contributed by atoms with Crippen molar-refractivity contribution in [3.63, 3.8) is 0 Å². The van der Waals surface area contributed by atoms with E-state index in [2.05, 4.69) is 4.90 Å². The Morgan fingerprint density at radius 2 is 1.82 bits per heavy atom. The Bertz CT molecular complexity index is 681. The molecule has 2 atom stereocenters. The second kappa shape index (κ2) is 9.23. The molecule has 0 spiro atoms. The molecule has 0 radical (unpaired) electrons. The summed E-state index contributed by atoms with van der Waals surface area (Å²) in [5, 5.41) is 18.4. The van der Waals surface area contributed by atoms with Gasteiger partial charge in [-0.2, -0.15) is 0 Å². The number of hydrogen-bond acceptors (Lipinski definition) is 5. The van der Waals surface area contributed by atoms with Gasteiger partial charge in [0.2, 0.25) is 0 Å². The van der Waals surface area contributed by atoms with Crippen LogP contribution in [-0.4, -0.2) is 70.6 Å². The van der Waals surface area contributed by atoms with Gasteiger partial charge in [0.25, 0.3) is 5.91 Å². The first-order chi connectivity index (χ1) is 13.4. The molecule has 0 aromatic carbocycles. The zero-order chi connectivity index (χ0) is 20.1. The van der Waals surface area contributed by atoms with Crippen molar-refractivity contribution in [1.29, 1.82) is 0 Å². The molecule has 28 heavy (non-hydrogen) atoms. The Balaban J connectivity index is 1.57. The van der Waals surface area contributed by atoms with Gasteiger partial charge in [-0.3, -0.25) is 14.4 Å². The molecule has 2 N–H and O–H groups in total. The van der Waals surface area contributed by atoms with Gasteiger partial charge in [0.05, 0.1) is 12.2 Å². The van der Waals surface area contributed by atoms with Crippen LogP contribution in [0.1, 0.15) is 42.7 Å². The molecule has 2 unspecified atom stereocenters. The average Bonchev–Trinajstić information content (AvgIpc) is 3.21. The van der Waals surface area contributed by atoms with Crippen LogP contribution in [0.2, 0.25) is 0 Å². The average molecular weight is 392 g/mol. The number of hydrogen-bond donors (Lipinski definition) is 2. The third kappa shape index (κ3) is 5.13. The fourth-order valence-electron chi connectivity index (χ4n) is 4.39. The van der Waals surface area contributed by atoms with Gasteiger partial charge >= 0.3 is 11.9 Å². The minimum Gasteiger partial charge on any atom is -0.481 e. The molecule has 2 saturated heterocycles. The van der Waals surface area contributed by atoms with Gasteiger partial charge in [0.15, 0.2) is 5.76 Å². The number of likely N-dealkylation sites (tertiary alicyclic amines) is 2.